The first-order chi connectivity index (χ1) is 18.2. The zero-order valence-electron chi connectivity index (χ0n) is 20.7. The Morgan fingerprint density at radius 1 is 0.568 bits per heavy atom. The van der Waals surface area contributed by atoms with Crippen molar-refractivity contribution < 1.29 is 4.74 Å². The molecule has 2 heterocycles. The number of rotatable bonds is 5. The van der Waals surface area contributed by atoms with Crippen LogP contribution in [0.25, 0.3) is 60.7 Å². The van der Waals surface area contributed by atoms with Crippen LogP contribution in [0.15, 0.2) is 122 Å². The van der Waals surface area contributed by atoms with Gasteiger partial charge in [0.2, 0.25) is 0 Å². The van der Waals surface area contributed by atoms with Crippen LogP contribution in [0, 0.1) is 0 Å². The number of para-hydroxylation sites is 3. The van der Waals surface area contributed by atoms with Gasteiger partial charge in [-0.15, -0.1) is 0 Å². The van der Waals surface area contributed by atoms with E-state index in [1.807, 2.05) is 6.92 Å². The summed E-state index contributed by atoms with van der Waals surface area (Å²) < 4.78 is 10.4. The molecule has 5 aromatic carbocycles. The van der Waals surface area contributed by atoms with E-state index < -0.39 is 0 Å². The number of fused-ring (bicyclic) bond motifs is 6. The van der Waals surface area contributed by atoms with Crippen molar-refractivity contribution in [3.8, 4) is 11.4 Å². The summed E-state index contributed by atoms with van der Waals surface area (Å²) in [4.78, 5) is 0. The Hall–Kier alpha value is -4.76. The molecule has 3 nitrogen and oxygen atoms in total. The summed E-state index contributed by atoms with van der Waals surface area (Å²) in [5.74, 6) is 0.705. The van der Waals surface area contributed by atoms with Crippen LogP contribution in [0.1, 0.15) is 12.5 Å². The fourth-order valence-electron chi connectivity index (χ4n) is 5.63. The summed E-state index contributed by atoms with van der Waals surface area (Å²) >= 11 is 0. The molecule has 178 valence electrons. The van der Waals surface area contributed by atoms with Gasteiger partial charge in [0, 0.05) is 38.5 Å². The minimum atomic E-state index is 0.608. The molecule has 0 aliphatic rings. The zero-order chi connectivity index (χ0) is 24.9. The van der Waals surface area contributed by atoms with Crippen molar-refractivity contribution >= 4 is 49.4 Å². The van der Waals surface area contributed by atoms with E-state index >= 15 is 0 Å². The molecule has 0 radical (unpaired) electrons. The van der Waals surface area contributed by atoms with E-state index in [9.17, 15) is 0 Å². The predicted molar refractivity (Wildman–Crippen MR) is 156 cm³/mol. The van der Waals surface area contributed by atoms with Crippen LogP contribution in [0.3, 0.4) is 0 Å². The van der Waals surface area contributed by atoms with Gasteiger partial charge in [-0.1, -0.05) is 61.2 Å². The van der Waals surface area contributed by atoms with Gasteiger partial charge in [0.05, 0.1) is 28.7 Å². The smallest absolute Gasteiger partial charge is 0.119 e. The minimum absolute atomic E-state index is 0.608. The Morgan fingerprint density at radius 3 is 1.49 bits per heavy atom. The van der Waals surface area contributed by atoms with Crippen LogP contribution >= 0.6 is 0 Å². The highest BCUT2D eigenvalue weighted by atomic mass is 16.5. The largest absolute Gasteiger partial charge is 0.494 e. The van der Waals surface area contributed by atoms with Gasteiger partial charge in [-0.2, -0.15) is 0 Å². The summed E-state index contributed by atoms with van der Waals surface area (Å²) in [5.41, 5.74) is 8.08. The van der Waals surface area contributed by atoms with Gasteiger partial charge < -0.3 is 13.9 Å². The molecule has 37 heavy (non-hydrogen) atoms. The molecule has 7 rings (SSSR count). The zero-order valence-corrected chi connectivity index (χ0v) is 20.7. The first-order valence-electron chi connectivity index (χ1n) is 12.7. The maximum atomic E-state index is 5.69. The number of hydrogen-bond donors (Lipinski definition) is 0. The summed E-state index contributed by atoms with van der Waals surface area (Å²) in [6, 6.07) is 41.2. The maximum Gasteiger partial charge on any atom is 0.119 e. The lowest BCUT2D eigenvalue weighted by molar-refractivity contribution is 0.299. The van der Waals surface area contributed by atoms with Crippen molar-refractivity contribution in [1.29, 1.82) is 0 Å². The molecule has 2 aromatic heterocycles. The standard InChI is InChI=1S/C34H26N2O/c1-3-37-23(2)24-16-21-34-30(22-24)29-12-6-9-15-33(29)36(34)26-19-17-25(18-20-26)35-31-13-7-4-10-27(31)28-11-5-8-14-32(28)35/h4-22H,2-3H2,1H3. The Labute approximate surface area is 215 Å². The Bertz CT molecular complexity index is 1900. The van der Waals surface area contributed by atoms with Crippen molar-refractivity contribution in [1.82, 2.24) is 9.13 Å². The van der Waals surface area contributed by atoms with Gasteiger partial charge in [-0.25, -0.2) is 0 Å². The van der Waals surface area contributed by atoms with Crippen LogP contribution in [-0.2, 0) is 4.74 Å². The molecule has 0 unspecified atom stereocenters. The minimum Gasteiger partial charge on any atom is -0.494 e. The van der Waals surface area contributed by atoms with Crippen molar-refractivity contribution in [3.63, 3.8) is 0 Å². The predicted octanol–water partition coefficient (Wildman–Crippen LogP) is 8.89. The molecule has 0 atom stereocenters. The van der Waals surface area contributed by atoms with Crippen LogP contribution < -0.4 is 0 Å². The molecular weight excluding hydrogens is 452 g/mol. The van der Waals surface area contributed by atoms with Gasteiger partial charge in [0.15, 0.2) is 0 Å². The van der Waals surface area contributed by atoms with E-state index in [2.05, 4.69) is 131 Å². The van der Waals surface area contributed by atoms with Crippen LogP contribution in [-0.4, -0.2) is 15.7 Å². The number of hydrogen-bond acceptors (Lipinski definition) is 1. The SMILES string of the molecule is C=C(OCC)c1ccc2c(c1)c1ccccc1n2-c1ccc(-n2c3ccccc3c3ccccc32)cc1. The molecule has 7 aromatic rings. The highest BCUT2D eigenvalue weighted by Crippen LogP contribution is 2.35. The summed E-state index contributed by atoms with van der Waals surface area (Å²) in [6.45, 7) is 6.71. The molecule has 0 saturated carbocycles. The average Bonchev–Trinajstić information content (AvgIpc) is 3.46. The average molecular weight is 479 g/mol. The second-order valence-electron chi connectivity index (χ2n) is 9.33. The second kappa shape index (κ2) is 8.42. The third-order valence-corrected chi connectivity index (χ3v) is 7.26. The molecule has 0 saturated heterocycles. The first kappa shape index (κ1) is 21.5. The Morgan fingerprint density at radius 2 is 1.00 bits per heavy atom. The number of benzene rings is 5. The van der Waals surface area contributed by atoms with E-state index in [0.717, 1.165) is 16.9 Å². The first-order valence-corrected chi connectivity index (χ1v) is 12.7. The lowest BCUT2D eigenvalue weighted by Crippen LogP contribution is -1.97. The van der Waals surface area contributed by atoms with E-state index in [0.29, 0.717) is 12.4 Å². The lowest BCUT2D eigenvalue weighted by Gasteiger charge is -2.12. The molecule has 3 heteroatoms. The van der Waals surface area contributed by atoms with Gasteiger partial charge in [0.1, 0.15) is 5.76 Å². The second-order valence-corrected chi connectivity index (χ2v) is 9.33. The van der Waals surface area contributed by atoms with Crippen molar-refractivity contribution in [2.75, 3.05) is 6.61 Å². The van der Waals surface area contributed by atoms with E-state index in [1.54, 1.807) is 0 Å². The fraction of sp³-hybridized carbons (Fsp3) is 0.0588. The lowest BCUT2D eigenvalue weighted by atomic mass is 10.1. The maximum absolute atomic E-state index is 5.69. The van der Waals surface area contributed by atoms with Crippen molar-refractivity contribution in [3.05, 3.63) is 127 Å². The van der Waals surface area contributed by atoms with Crippen LogP contribution in [0.4, 0.5) is 0 Å². The molecule has 0 aliphatic carbocycles. The van der Waals surface area contributed by atoms with Gasteiger partial charge >= 0.3 is 0 Å². The molecule has 0 N–H and O–H groups in total. The quantitative estimate of drug-likeness (QED) is 0.226. The highest BCUT2D eigenvalue weighted by molar-refractivity contribution is 6.10. The van der Waals surface area contributed by atoms with Crippen LogP contribution in [0.2, 0.25) is 0 Å². The topological polar surface area (TPSA) is 19.1 Å². The molecule has 0 bridgehead atoms. The number of ether oxygens (including phenoxy) is 1. The highest BCUT2D eigenvalue weighted by Gasteiger charge is 2.15. The fourth-order valence-corrected chi connectivity index (χ4v) is 5.63. The summed E-state index contributed by atoms with van der Waals surface area (Å²) in [6.07, 6.45) is 0. The van der Waals surface area contributed by atoms with Gasteiger partial charge in [-0.05, 0) is 67.6 Å². The summed E-state index contributed by atoms with van der Waals surface area (Å²) in [7, 11) is 0. The van der Waals surface area contributed by atoms with Crippen molar-refractivity contribution in [2.45, 2.75) is 6.92 Å². The van der Waals surface area contributed by atoms with Crippen molar-refractivity contribution in [2.24, 2.45) is 0 Å². The molecular formula is C34H26N2O. The van der Waals surface area contributed by atoms with E-state index in [4.69, 9.17) is 4.74 Å². The number of nitrogens with zero attached hydrogens (tertiary/aromatic N) is 2. The number of aromatic nitrogens is 2. The van der Waals surface area contributed by atoms with Gasteiger partial charge in [-0.3, -0.25) is 0 Å². The molecule has 0 amide bonds. The van der Waals surface area contributed by atoms with Gasteiger partial charge in [0.25, 0.3) is 0 Å². The molecule has 0 aliphatic heterocycles. The third-order valence-electron chi connectivity index (χ3n) is 7.26. The Kier molecular flexibility index (Phi) is 4.90. The van der Waals surface area contributed by atoms with E-state index in [1.165, 1.54) is 43.6 Å². The van der Waals surface area contributed by atoms with Crippen LogP contribution in [0.5, 0.6) is 0 Å². The Balaban J connectivity index is 1.41. The summed E-state index contributed by atoms with van der Waals surface area (Å²) in [5, 5.41) is 4.96. The molecule has 0 fully saturated rings. The van der Waals surface area contributed by atoms with E-state index in [-0.39, 0.29) is 0 Å². The third kappa shape index (κ3) is 3.28. The normalized spacial score (nSPS) is 11.6. The molecule has 0 spiro atoms. The monoisotopic (exact) mass is 478 g/mol.